The van der Waals surface area contributed by atoms with Crippen LogP contribution >= 0.6 is 11.3 Å². The Hall–Kier alpha value is -1.47. The van der Waals surface area contributed by atoms with E-state index in [0.717, 1.165) is 5.01 Å². The van der Waals surface area contributed by atoms with Crippen LogP contribution in [0, 0.1) is 25.2 Å². The van der Waals surface area contributed by atoms with Crippen molar-refractivity contribution < 1.29 is 19.8 Å². The summed E-state index contributed by atoms with van der Waals surface area (Å²) < 4.78 is 0. The van der Waals surface area contributed by atoms with E-state index in [1.54, 1.807) is 11.8 Å². The fourth-order valence-electron chi connectivity index (χ4n) is 3.24. The first-order valence-corrected chi connectivity index (χ1v) is 9.14. The summed E-state index contributed by atoms with van der Waals surface area (Å²) in [5, 5.41) is 21.0. The van der Waals surface area contributed by atoms with Gasteiger partial charge in [-0.05, 0) is 39.0 Å². The van der Waals surface area contributed by atoms with Gasteiger partial charge in [0.05, 0.1) is 16.8 Å². The molecule has 1 aliphatic heterocycles. The minimum absolute atomic E-state index is 0.0471. The Balaban J connectivity index is 2.26. The number of amides is 1. The second-order valence-corrected chi connectivity index (χ2v) is 8.28. The van der Waals surface area contributed by atoms with Crippen LogP contribution in [-0.4, -0.2) is 51.2 Å². The maximum absolute atomic E-state index is 12.8. The molecule has 1 aromatic heterocycles. The van der Waals surface area contributed by atoms with E-state index in [9.17, 15) is 19.8 Å². The Morgan fingerprint density at radius 1 is 1.42 bits per heavy atom. The van der Waals surface area contributed by atoms with Crippen molar-refractivity contribution in [1.29, 1.82) is 0 Å². The van der Waals surface area contributed by atoms with Crippen LogP contribution in [-0.2, 0) is 4.79 Å². The Kier molecular flexibility index (Phi) is 5.65. The van der Waals surface area contributed by atoms with Crippen LogP contribution in [0.4, 0.5) is 0 Å². The molecule has 2 rings (SSSR count). The number of aryl methyl sites for hydroxylation is 2. The number of aliphatic hydroxyl groups excluding tert-OH is 1. The molecule has 0 aromatic carbocycles. The maximum atomic E-state index is 12.8. The SMILES string of the molecule is Cc1nc(C)c(C(=O)N2CC[C@@H](O)[C@](CCC(C)C)(C(=O)O)C2)s1. The highest BCUT2D eigenvalue weighted by molar-refractivity contribution is 7.13. The number of aliphatic hydroxyl groups is 1. The molecule has 0 spiro atoms. The summed E-state index contributed by atoms with van der Waals surface area (Å²) in [5.41, 5.74) is -0.608. The molecule has 24 heavy (non-hydrogen) atoms. The van der Waals surface area contributed by atoms with Crippen molar-refractivity contribution in [2.75, 3.05) is 13.1 Å². The van der Waals surface area contributed by atoms with Crippen molar-refractivity contribution in [3.63, 3.8) is 0 Å². The van der Waals surface area contributed by atoms with Crippen molar-refractivity contribution in [1.82, 2.24) is 9.88 Å². The minimum Gasteiger partial charge on any atom is -0.481 e. The number of aromatic nitrogens is 1. The van der Waals surface area contributed by atoms with Crippen LogP contribution in [0.1, 0.15) is 53.5 Å². The number of carboxylic acid groups (broad SMARTS) is 1. The largest absolute Gasteiger partial charge is 0.481 e. The minimum atomic E-state index is -1.29. The van der Waals surface area contributed by atoms with Crippen molar-refractivity contribution in [2.45, 2.75) is 53.1 Å². The lowest BCUT2D eigenvalue weighted by molar-refractivity contribution is -0.163. The van der Waals surface area contributed by atoms with Crippen LogP contribution in [0.15, 0.2) is 0 Å². The molecular formula is C17H26N2O4S. The van der Waals surface area contributed by atoms with Gasteiger partial charge in [-0.25, -0.2) is 4.98 Å². The van der Waals surface area contributed by atoms with E-state index in [1.807, 2.05) is 20.8 Å². The molecule has 2 N–H and O–H groups in total. The molecule has 0 unspecified atom stereocenters. The van der Waals surface area contributed by atoms with E-state index in [0.29, 0.717) is 35.9 Å². The lowest BCUT2D eigenvalue weighted by atomic mass is 9.72. The third-order valence-corrected chi connectivity index (χ3v) is 5.82. The summed E-state index contributed by atoms with van der Waals surface area (Å²) in [4.78, 5) is 31.2. The average Bonchev–Trinajstić information content (AvgIpc) is 2.84. The van der Waals surface area contributed by atoms with Crippen molar-refractivity contribution in [2.24, 2.45) is 11.3 Å². The van der Waals surface area contributed by atoms with Gasteiger partial charge in [-0.2, -0.15) is 0 Å². The van der Waals surface area contributed by atoms with Crippen LogP contribution < -0.4 is 0 Å². The second-order valence-electron chi connectivity index (χ2n) is 7.07. The van der Waals surface area contributed by atoms with E-state index in [1.165, 1.54) is 11.3 Å². The van der Waals surface area contributed by atoms with Gasteiger partial charge in [0.15, 0.2) is 0 Å². The Bertz CT molecular complexity index is 628. The number of thiazole rings is 1. The highest BCUT2D eigenvalue weighted by atomic mass is 32.1. The molecule has 2 atom stereocenters. The molecule has 134 valence electrons. The fourth-order valence-corrected chi connectivity index (χ4v) is 4.12. The van der Waals surface area contributed by atoms with E-state index < -0.39 is 17.5 Å². The monoisotopic (exact) mass is 354 g/mol. The number of hydrogen-bond acceptors (Lipinski definition) is 5. The lowest BCUT2D eigenvalue weighted by Crippen LogP contribution is -2.57. The number of carboxylic acids is 1. The molecule has 0 aliphatic carbocycles. The quantitative estimate of drug-likeness (QED) is 0.848. The van der Waals surface area contributed by atoms with Crippen LogP contribution in [0.5, 0.6) is 0 Å². The first-order valence-electron chi connectivity index (χ1n) is 8.32. The van der Waals surface area contributed by atoms with Gasteiger partial charge in [0.1, 0.15) is 10.3 Å². The van der Waals surface area contributed by atoms with Gasteiger partial charge in [0.2, 0.25) is 0 Å². The standard InChI is InChI=1S/C17H26N2O4S/c1-10(2)5-7-17(16(22)23)9-19(8-6-13(17)20)15(21)14-11(3)18-12(4)24-14/h10,13,20H,5-9H2,1-4H3,(H,22,23)/t13-,17-/m1/s1. The van der Waals surface area contributed by atoms with Crippen molar-refractivity contribution in [3.05, 3.63) is 15.6 Å². The van der Waals surface area contributed by atoms with E-state index in [2.05, 4.69) is 4.98 Å². The molecule has 1 aliphatic rings. The molecule has 2 heterocycles. The normalized spacial score (nSPS) is 24.4. The number of aliphatic carboxylic acids is 1. The maximum Gasteiger partial charge on any atom is 0.314 e. The van der Waals surface area contributed by atoms with Gasteiger partial charge in [-0.3, -0.25) is 9.59 Å². The molecule has 1 saturated heterocycles. The summed E-state index contributed by atoms with van der Waals surface area (Å²) in [7, 11) is 0. The molecule has 1 fully saturated rings. The number of carbonyl (C=O) groups is 2. The molecule has 0 saturated carbocycles. The van der Waals surface area contributed by atoms with Gasteiger partial charge in [-0.15, -0.1) is 11.3 Å². The Labute approximate surface area is 146 Å². The third-order valence-electron chi connectivity index (χ3n) is 4.76. The summed E-state index contributed by atoms with van der Waals surface area (Å²) in [6, 6.07) is 0. The molecule has 1 aromatic rings. The van der Waals surface area contributed by atoms with Crippen molar-refractivity contribution in [3.8, 4) is 0 Å². The van der Waals surface area contributed by atoms with Crippen LogP contribution in [0.25, 0.3) is 0 Å². The lowest BCUT2D eigenvalue weighted by Gasteiger charge is -2.43. The van der Waals surface area contributed by atoms with Crippen LogP contribution in [0.3, 0.4) is 0 Å². The first kappa shape index (κ1) is 18.9. The van der Waals surface area contributed by atoms with Gasteiger partial charge >= 0.3 is 5.97 Å². The number of carbonyl (C=O) groups excluding carboxylic acids is 1. The van der Waals surface area contributed by atoms with Crippen molar-refractivity contribution >= 4 is 23.2 Å². The zero-order valence-electron chi connectivity index (χ0n) is 14.7. The predicted octanol–water partition coefficient (Wildman–Crippen LogP) is 2.47. The van der Waals surface area contributed by atoms with E-state index in [-0.39, 0.29) is 18.9 Å². The van der Waals surface area contributed by atoms with Crippen LogP contribution in [0.2, 0.25) is 0 Å². The summed E-state index contributed by atoms with van der Waals surface area (Å²) in [5.74, 6) is -0.864. The zero-order valence-corrected chi connectivity index (χ0v) is 15.5. The van der Waals surface area contributed by atoms with Gasteiger partial charge in [0.25, 0.3) is 5.91 Å². The smallest absolute Gasteiger partial charge is 0.314 e. The molecule has 0 bridgehead atoms. The average molecular weight is 354 g/mol. The van der Waals surface area contributed by atoms with Gasteiger partial charge < -0.3 is 15.1 Å². The number of rotatable bonds is 5. The second kappa shape index (κ2) is 7.19. The molecule has 1 amide bonds. The molecule has 6 nitrogen and oxygen atoms in total. The molecular weight excluding hydrogens is 328 g/mol. The molecule has 0 radical (unpaired) electrons. The number of hydrogen-bond donors (Lipinski definition) is 2. The number of nitrogens with zero attached hydrogens (tertiary/aromatic N) is 2. The zero-order chi connectivity index (χ0) is 18.1. The van der Waals surface area contributed by atoms with E-state index >= 15 is 0 Å². The number of piperidine rings is 1. The summed E-state index contributed by atoms with van der Waals surface area (Å²) in [6.45, 7) is 8.10. The highest BCUT2D eigenvalue weighted by Gasteiger charge is 2.50. The van der Waals surface area contributed by atoms with Gasteiger partial charge in [-0.1, -0.05) is 13.8 Å². The Morgan fingerprint density at radius 2 is 2.08 bits per heavy atom. The molecule has 7 heteroatoms. The summed E-state index contributed by atoms with van der Waals surface area (Å²) >= 11 is 1.33. The van der Waals surface area contributed by atoms with Gasteiger partial charge in [0, 0.05) is 13.1 Å². The Morgan fingerprint density at radius 3 is 2.58 bits per heavy atom. The highest BCUT2D eigenvalue weighted by Crippen LogP contribution is 2.37. The number of likely N-dealkylation sites (tertiary alicyclic amines) is 1. The third kappa shape index (κ3) is 3.62. The first-order chi connectivity index (χ1) is 11.2. The predicted molar refractivity (Wildman–Crippen MR) is 92.3 cm³/mol. The van der Waals surface area contributed by atoms with E-state index in [4.69, 9.17) is 0 Å². The summed E-state index contributed by atoms with van der Waals surface area (Å²) in [6.07, 6.45) is 0.421. The topological polar surface area (TPSA) is 90.7 Å². The fraction of sp³-hybridized carbons (Fsp3) is 0.706.